The van der Waals surface area contributed by atoms with Gasteiger partial charge in [-0.25, -0.2) is 4.79 Å². The van der Waals surface area contributed by atoms with Crippen LogP contribution in [0.25, 0.3) is 0 Å². The van der Waals surface area contributed by atoms with Crippen molar-refractivity contribution < 1.29 is 23.9 Å². The van der Waals surface area contributed by atoms with Gasteiger partial charge in [0.05, 0.1) is 13.0 Å². The molecule has 138 valence electrons. The first-order valence-electron chi connectivity index (χ1n) is 8.10. The molecule has 0 aliphatic rings. The average molecular weight is 376 g/mol. The molecule has 0 spiro atoms. The fourth-order valence-corrected chi connectivity index (χ4v) is 2.74. The SMILES string of the molecule is CCOC(=O)Oc1ccc(C(=O)NCCNC(=O)Cc2cccs2)cc1. The number of rotatable bonds is 8. The molecule has 2 N–H and O–H groups in total. The van der Waals surface area contributed by atoms with Gasteiger partial charge in [0.1, 0.15) is 5.75 Å². The third-order valence-electron chi connectivity index (χ3n) is 3.23. The second-order valence-corrected chi connectivity index (χ2v) is 6.20. The van der Waals surface area contributed by atoms with Crippen LogP contribution in [0.4, 0.5) is 4.79 Å². The number of hydrogen-bond donors (Lipinski definition) is 2. The number of carbonyl (C=O) groups excluding carboxylic acids is 3. The van der Waals surface area contributed by atoms with Gasteiger partial charge in [-0.15, -0.1) is 11.3 Å². The summed E-state index contributed by atoms with van der Waals surface area (Å²) in [5, 5.41) is 7.38. The fourth-order valence-electron chi connectivity index (χ4n) is 2.03. The molecule has 0 atom stereocenters. The van der Waals surface area contributed by atoms with E-state index in [0.717, 1.165) is 4.88 Å². The lowest BCUT2D eigenvalue weighted by atomic mass is 10.2. The Morgan fingerprint density at radius 1 is 1.04 bits per heavy atom. The highest BCUT2D eigenvalue weighted by atomic mass is 32.1. The van der Waals surface area contributed by atoms with Crippen molar-refractivity contribution in [2.75, 3.05) is 19.7 Å². The normalized spacial score (nSPS) is 10.0. The Kier molecular flexibility index (Phi) is 7.63. The number of carbonyl (C=O) groups is 3. The Balaban J connectivity index is 1.69. The molecule has 0 saturated heterocycles. The van der Waals surface area contributed by atoms with Crippen LogP contribution in [0.2, 0.25) is 0 Å². The molecule has 7 nitrogen and oxygen atoms in total. The molecule has 8 heteroatoms. The molecule has 1 heterocycles. The van der Waals surface area contributed by atoms with Gasteiger partial charge in [-0.2, -0.15) is 0 Å². The molecule has 2 amide bonds. The molecule has 0 aliphatic carbocycles. The van der Waals surface area contributed by atoms with Crippen molar-refractivity contribution in [2.24, 2.45) is 0 Å². The van der Waals surface area contributed by atoms with E-state index in [1.165, 1.54) is 23.5 Å². The molecule has 1 aromatic carbocycles. The van der Waals surface area contributed by atoms with E-state index in [-0.39, 0.29) is 18.4 Å². The van der Waals surface area contributed by atoms with Gasteiger partial charge in [0, 0.05) is 23.5 Å². The molecule has 0 aliphatic heterocycles. The first-order valence-corrected chi connectivity index (χ1v) is 8.98. The number of amides is 2. The Morgan fingerprint density at radius 2 is 1.77 bits per heavy atom. The van der Waals surface area contributed by atoms with E-state index < -0.39 is 6.16 Å². The quantitative estimate of drug-likeness (QED) is 0.419. The van der Waals surface area contributed by atoms with Crippen molar-refractivity contribution in [1.82, 2.24) is 10.6 Å². The molecule has 2 rings (SSSR count). The highest BCUT2D eigenvalue weighted by molar-refractivity contribution is 7.10. The Hall–Kier alpha value is -2.87. The number of nitrogens with one attached hydrogen (secondary N) is 2. The van der Waals surface area contributed by atoms with Gasteiger partial charge in [0.25, 0.3) is 5.91 Å². The monoisotopic (exact) mass is 376 g/mol. The maximum atomic E-state index is 12.0. The molecule has 1 aromatic heterocycles. The van der Waals surface area contributed by atoms with Gasteiger partial charge in [-0.3, -0.25) is 9.59 Å². The van der Waals surface area contributed by atoms with E-state index in [1.54, 1.807) is 19.1 Å². The highest BCUT2D eigenvalue weighted by Gasteiger charge is 2.08. The Bertz CT molecular complexity index is 729. The number of hydrogen-bond acceptors (Lipinski definition) is 6. The second-order valence-electron chi connectivity index (χ2n) is 5.17. The number of benzene rings is 1. The first-order chi connectivity index (χ1) is 12.6. The fraction of sp³-hybridized carbons (Fsp3) is 0.278. The minimum absolute atomic E-state index is 0.0813. The molecule has 2 aromatic rings. The van der Waals surface area contributed by atoms with Crippen LogP contribution in [0.3, 0.4) is 0 Å². The van der Waals surface area contributed by atoms with Gasteiger partial charge in [-0.05, 0) is 42.6 Å². The van der Waals surface area contributed by atoms with Crippen LogP contribution in [-0.4, -0.2) is 37.7 Å². The van der Waals surface area contributed by atoms with Crippen LogP contribution in [0, 0.1) is 0 Å². The lowest BCUT2D eigenvalue weighted by Gasteiger charge is -2.08. The summed E-state index contributed by atoms with van der Waals surface area (Å²) in [4.78, 5) is 36.0. The van der Waals surface area contributed by atoms with Crippen molar-refractivity contribution in [3.63, 3.8) is 0 Å². The summed E-state index contributed by atoms with van der Waals surface area (Å²) in [5.41, 5.74) is 0.422. The van der Waals surface area contributed by atoms with E-state index in [1.807, 2.05) is 17.5 Å². The summed E-state index contributed by atoms with van der Waals surface area (Å²) in [7, 11) is 0. The van der Waals surface area contributed by atoms with E-state index in [0.29, 0.717) is 30.8 Å². The van der Waals surface area contributed by atoms with Crippen LogP contribution in [-0.2, 0) is 16.0 Å². The summed E-state index contributed by atoms with van der Waals surface area (Å²) < 4.78 is 9.58. The van der Waals surface area contributed by atoms with Crippen LogP contribution in [0.15, 0.2) is 41.8 Å². The average Bonchev–Trinajstić information content (AvgIpc) is 3.12. The molecule has 0 fully saturated rings. The summed E-state index contributed by atoms with van der Waals surface area (Å²) >= 11 is 1.53. The first kappa shape index (κ1) is 19.5. The van der Waals surface area contributed by atoms with Gasteiger partial charge in [-0.1, -0.05) is 6.07 Å². The highest BCUT2D eigenvalue weighted by Crippen LogP contribution is 2.13. The molecule has 0 unspecified atom stereocenters. The van der Waals surface area contributed by atoms with Crippen LogP contribution in [0.5, 0.6) is 5.75 Å². The van der Waals surface area contributed by atoms with Crippen molar-refractivity contribution in [1.29, 1.82) is 0 Å². The standard InChI is InChI=1S/C18H20N2O5S/c1-2-24-18(23)25-14-7-5-13(6-8-14)17(22)20-10-9-19-16(21)12-15-4-3-11-26-15/h3-8,11H,2,9-10,12H2,1H3,(H,19,21)(H,20,22). The summed E-state index contributed by atoms with van der Waals surface area (Å²) in [5.74, 6) is -0.0665. The maximum absolute atomic E-state index is 12.0. The molecule has 26 heavy (non-hydrogen) atoms. The van der Waals surface area contributed by atoms with Gasteiger partial charge >= 0.3 is 6.16 Å². The zero-order chi connectivity index (χ0) is 18.8. The maximum Gasteiger partial charge on any atom is 0.513 e. The van der Waals surface area contributed by atoms with Crippen LogP contribution in [0.1, 0.15) is 22.2 Å². The van der Waals surface area contributed by atoms with Gasteiger partial charge < -0.3 is 20.1 Å². The van der Waals surface area contributed by atoms with Crippen LogP contribution >= 0.6 is 11.3 Å². The summed E-state index contributed by atoms with van der Waals surface area (Å²) in [6.45, 7) is 2.57. The summed E-state index contributed by atoms with van der Waals surface area (Å²) in [6.07, 6.45) is -0.448. The predicted molar refractivity (Wildman–Crippen MR) is 97.5 cm³/mol. The number of ether oxygens (including phenoxy) is 2. The van der Waals surface area contributed by atoms with E-state index in [4.69, 9.17) is 4.74 Å². The molecule has 0 saturated carbocycles. The minimum atomic E-state index is -0.789. The van der Waals surface area contributed by atoms with E-state index in [2.05, 4.69) is 15.4 Å². The topological polar surface area (TPSA) is 93.7 Å². The molecule has 0 bridgehead atoms. The van der Waals surface area contributed by atoms with Crippen molar-refractivity contribution in [2.45, 2.75) is 13.3 Å². The Morgan fingerprint density at radius 3 is 2.42 bits per heavy atom. The van der Waals surface area contributed by atoms with Crippen molar-refractivity contribution in [3.05, 3.63) is 52.2 Å². The molecule has 0 radical (unpaired) electrons. The molecular weight excluding hydrogens is 356 g/mol. The number of thiophene rings is 1. The van der Waals surface area contributed by atoms with Crippen molar-refractivity contribution >= 4 is 29.3 Å². The zero-order valence-electron chi connectivity index (χ0n) is 14.3. The molecular formula is C18H20N2O5S. The lowest BCUT2D eigenvalue weighted by Crippen LogP contribution is -2.35. The zero-order valence-corrected chi connectivity index (χ0v) is 15.1. The summed E-state index contributed by atoms with van der Waals surface area (Å²) in [6, 6.07) is 9.90. The van der Waals surface area contributed by atoms with Gasteiger partial charge in [0.15, 0.2) is 0 Å². The van der Waals surface area contributed by atoms with Gasteiger partial charge in [0.2, 0.25) is 5.91 Å². The largest absolute Gasteiger partial charge is 0.513 e. The third kappa shape index (κ3) is 6.56. The van der Waals surface area contributed by atoms with Crippen molar-refractivity contribution in [3.8, 4) is 5.75 Å². The second kappa shape index (κ2) is 10.2. The van der Waals surface area contributed by atoms with E-state index in [9.17, 15) is 14.4 Å². The van der Waals surface area contributed by atoms with E-state index >= 15 is 0 Å². The predicted octanol–water partition coefficient (Wildman–Crippen LogP) is 2.37. The minimum Gasteiger partial charge on any atom is -0.434 e. The lowest BCUT2D eigenvalue weighted by molar-refractivity contribution is -0.120. The third-order valence-corrected chi connectivity index (χ3v) is 4.10. The van der Waals surface area contributed by atoms with Crippen LogP contribution < -0.4 is 15.4 Å². The Labute approximate surface area is 155 Å². The smallest absolute Gasteiger partial charge is 0.434 e.